The first-order chi connectivity index (χ1) is 38.1. The number of thioether (sulfide) groups is 1. The Bertz CT molecular complexity index is 4580. The lowest BCUT2D eigenvalue weighted by Gasteiger charge is -2.29. The van der Waals surface area contributed by atoms with Gasteiger partial charge in [-0.1, -0.05) is 200 Å². The molecular weight excluding hydrogens is 957 g/mol. The molecule has 3 unspecified atom stereocenters. The van der Waals surface area contributed by atoms with E-state index in [-0.39, 0.29) is 12.0 Å². The van der Waals surface area contributed by atoms with E-state index >= 15 is 0 Å². The molecule has 4 nitrogen and oxygen atoms in total. The molecule has 16 rings (SSSR count). The second kappa shape index (κ2) is 17.7. The number of benzene rings is 10. The zero-order chi connectivity index (χ0) is 50.6. The van der Waals surface area contributed by atoms with Gasteiger partial charge in [0.2, 0.25) is 0 Å². The SMILES string of the molecule is C1=CC2C(C=C1Sc1ccc3c(c1)c1c(n3-c3ccc(-c4cccc5c4oc4ccccc45)cc3)C=CC(c3ccccc3)C1)c1cc(-c3ccccc3)ccc1N2c1ccc(-c2cccc3c2oc2ccccc23)cc1. The topological polar surface area (TPSA) is 34.5 Å². The van der Waals surface area contributed by atoms with E-state index < -0.39 is 0 Å². The van der Waals surface area contributed by atoms with Crippen molar-refractivity contribution in [2.75, 3.05) is 4.90 Å². The molecule has 0 fully saturated rings. The smallest absolute Gasteiger partial charge is 0.143 e. The van der Waals surface area contributed by atoms with Crippen LogP contribution in [-0.4, -0.2) is 10.6 Å². The number of aromatic nitrogens is 1. The first-order valence-electron chi connectivity index (χ1n) is 26.6. The van der Waals surface area contributed by atoms with Gasteiger partial charge in [-0.2, -0.15) is 0 Å². The van der Waals surface area contributed by atoms with Gasteiger partial charge < -0.3 is 18.3 Å². The third-order valence-corrected chi connectivity index (χ3v) is 17.4. The Hall–Kier alpha value is -9.29. The molecule has 0 amide bonds. The van der Waals surface area contributed by atoms with Gasteiger partial charge in [-0.15, -0.1) is 0 Å². The van der Waals surface area contributed by atoms with Gasteiger partial charge in [-0.25, -0.2) is 0 Å². The molecule has 0 N–H and O–H groups in total. The summed E-state index contributed by atoms with van der Waals surface area (Å²) in [6.07, 6.45) is 13.0. The highest BCUT2D eigenvalue weighted by atomic mass is 32.2. The Kier molecular flexibility index (Phi) is 10.1. The van der Waals surface area contributed by atoms with Crippen molar-refractivity contribution in [3.63, 3.8) is 0 Å². The number of hydrogen-bond acceptors (Lipinski definition) is 4. The van der Waals surface area contributed by atoms with E-state index in [2.05, 4.69) is 258 Å². The fourth-order valence-corrected chi connectivity index (χ4v) is 13.7. The molecule has 0 bridgehead atoms. The van der Waals surface area contributed by atoms with Gasteiger partial charge in [0.1, 0.15) is 22.3 Å². The van der Waals surface area contributed by atoms with Crippen LogP contribution in [0.5, 0.6) is 0 Å². The van der Waals surface area contributed by atoms with Crippen molar-refractivity contribution < 1.29 is 8.83 Å². The monoisotopic (exact) mass is 1000 g/mol. The van der Waals surface area contributed by atoms with Gasteiger partial charge in [0.15, 0.2) is 0 Å². The minimum Gasteiger partial charge on any atom is -0.455 e. The van der Waals surface area contributed by atoms with E-state index in [4.69, 9.17) is 8.83 Å². The summed E-state index contributed by atoms with van der Waals surface area (Å²) in [5, 5.41) is 5.87. The molecule has 3 aliphatic rings. The fraction of sp³-hybridized carbons (Fsp3) is 0.0556. The van der Waals surface area contributed by atoms with Crippen molar-refractivity contribution in [2.45, 2.75) is 29.2 Å². The lowest BCUT2D eigenvalue weighted by Crippen LogP contribution is -2.28. The van der Waals surface area contributed by atoms with E-state index in [9.17, 15) is 0 Å². The third-order valence-electron chi connectivity index (χ3n) is 16.4. The van der Waals surface area contributed by atoms with E-state index in [1.54, 1.807) is 0 Å². The molecule has 1 aliphatic heterocycles. The highest BCUT2D eigenvalue weighted by Gasteiger charge is 2.39. The molecule has 3 atom stereocenters. The van der Waals surface area contributed by atoms with Crippen LogP contribution in [0.3, 0.4) is 0 Å². The van der Waals surface area contributed by atoms with Crippen LogP contribution in [0.1, 0.15) is 34.2 Å². The molecular formula is C72H48N2O2S. The molecule has 364 valence electrons. The van der Waals surface area contributed by atoms with E-state index in [1.165, 1.54) is 65.6 Å². The number of hydrogen-bond donors (Lipinski definition) is 0. The summed E-state index contributed by atoms with van der Waals surface area (Å²) < 4.78 is 15.4. The number of nitrogens with zero attached hydrogens (tertiary/aromatic N) is 2. The van der Waals surface area contributed by atoms with Crippen LogP contribution in [0, 0.1) is 0 Å². The normalized spacial score (nSPS) is 16.6. The summed E-state index contributed by atoms with van der Waals surface area (Å²) in [6.45, 7) is 0. The second-order valence-corrected chi connectivity index (χ2v) is 21.8. The second-order valence-electron chi connectivity index (χ2n) is 20.7. The number of anilines is 2. The largest absolute Gasteiger partial charge is 0.455 e. The molecule has 0 saturated heterocycles. The van der Waals surface area contributed by atoms with Gasteiger partial charge in [-0.05, 0) is 118 Å². The quantitative estimate of drug-likeness (QED) is 0.152. The predicted octanol–water partition coefficient (Wildman–Crippen LogP) is 19.6. The zero-order valence-corrected chi connectivity index (χ0v) is 42.7. The van der Waals surface area contributed by atoms with Crippen molar-refractivity contribution >= 4 is 84.0 Å². The van der Waals surface area contributed by atoms with Crippen LogP contribution in [-0.2, 0) is 6.42 Å². The van der Waals surface area contributed by atoms with Crippen LogP contribution in [0.15, 0.2) is 273 Å². The summed E-state index contributed by atoms with van der Waals surface area (Å²) in [5.74, 6) is 0.446. The van der Waals surface area contributed by atoms with Gasteiger partial charge in [0, 0.05) is 82.5 Å². The number of para-hydroxylation sites is 4. The molecule has 3 aromatic heterocycles. The standard InChI is InChI=1S/C72H48N2O2S/c1-3-13-45(14-4-1)49-29-37-65-61(41-49)63-43-53(35-39-67(63)73(65)51-31-25-47(26-32-51)55-19-11-21-59-57-17-7-9-23-69(57)75-71(55)59)77-54-36-40-68-64(44-54)62-42-50(46-15-5-2-6-16-46)30-38-66(62)74(68)52-33-27-48(28-34-52)56-20-12-22-60-58-18-8-10-24-70(58)76-72(56)60/h1-41,43-44,50,63,67H,42H2. The molecule has 0 saturated carbocycles. The fourth-order valence-electron chi connectivity index (χ4n) is 12.7. The van der Waals surface area contributed by atoms with Crippen molar-refractivity contribution in [3.8, 4) is 39.1 Å². The number of furan rings is 2. The Morgan fingerprint density at radius 1 is 0.455 bits per heavy atom. The van der Waals surface area contributed by atoms with Crippen LogP contribution >= 0.6 is 11.8 Å². The summed E-state index contributed by atoms with van der Waals surface area (Å²) in [6, 6.07) is 83.7. The summed E-state index contributed by atoms with van der Waals surface area (Å²) in [4.78, 5) is 5.02. The highest BCUT2D eigenvalue weighted by molar-refractivity contribution is 8.03. The third kappa shape index (κ3) is 7.22. The summed E-state index contributed by atoms with van der Waals surface area (Å²) in [7, 11) is 0. The first-order valence-corrected chi connectivity index (χ1v) is 27.5. The van der Waals surface area contributed by atoms with Crippen molar-refractivity contribution in [2.24, 2.45) is 0 Å². The average Bonchev–Trinajstić information content (AvgIpc) is 4.25. The highest BCUT2D eigenvalue weighted by Crippen LogP contribution is 2.52. The molecule has 77 heavy (non-hydrogen) atoms. The maximum atomic E-state index is 6.47. The van der Waals surface area contributed by atoms with Crippen molar-refractivity contribution in [1.29, 1.82) is 0 Å². The molecule has 10 aromatic carbocycles. The molecule has 5 heteroatoms. The molecule has 0 spiro atoms. The minimum absolute atomic E-state index is 0.119. The number of rotatable bonds is 8. The minimum atomic E-state index is 0.119. The van der Waals surface area contributed by atoms with Crippen molar-refractivity contribution in [1.82, 2.24) is 4.57 Å². The Morgan fingerprint density at radius 3 is 1.75 bits per heavy atom. The lowest BCUT2D eigenvalue weighted by atomic mass is 9.87. The Labute approximate surface area is 450 Å². The van der Waals surface area contributed by atoms with Crippen molar-refractivity contribution in [3.05, 3.63) is 282 Å². The number of fused-ring (bicyclic) bond motifs is 12. The maximum Gasteiger partial charge on any atom is 0.143 e. The van der Waals surface area contributed by atoms with Gasteiger partial charge in [0.05, 0.1) is 11.6 Å². The predicted molar refractivity (Wildman–Crippen MR) is 321 cm³/mol. The van der Waals surface area contributed by atoms with Gasteiger partial charge in [-0.3, -0.25) is 0 Å². The first kappa shape index (κ1) is 44.0. The molecule has 4 heterocycles. The Morgan fingerprint density at radius 2 is 1.06 bits per heavy atom. The molecule has 2 aliphatic carbocycles. The molecule has 0 radical (unpaired) electrons. The maximum absolute atomic E-state index is 6.47. The van der Waals surface area contributed by atoms with Crippen LogP contribution in [0.25, 0.3) is 99.9 Å². The van der Waals surface area contributed by atoms with Crippen LogP contribution < -0.4 is 4.90 Å². The van der Waals surface area contributed by atoms with Gasteiger partial charge >= 0.3 is 0 Å². The van der Waals surface area contributed by atoms with Crippen LogP contribution in [0.4, 0.5) is 11.4 Å². The van der Waals surface area contributed by atoms with E-state index in [1.807, 2.05) is 23.9 Å². The molecule has 13 aromatic rings. The Balaban J connectivity index is 0.751. The van der Waals surface area contributed by atoms with E-state index in [0.717, 1.165) is 78.2 Å². The summed E-state index contributed by atoms with van der Waals surface area (Å²) in [5.41, 5.74) is 20.7. The zero-order valence-electron chi connectivity index (χ0n) is 41.9. The lowest BCUT2D eigenvalue weighted by molar-refractivity contribution is 0.669. The van der Waals surface area contributed by atoms with Gasteiger partial charge in [0.25, 0.3) is 0 Å². The number of allylic oxidation sites excluding steroid dienone is 2. The van der Waals surface area contributed by atoms with Crippen LogP contribution in [0.2, 0.25) is 0 Å². The summed E-state index contributed by atoms with van der Waals surface area (Å²) >= 11 is 1.87. The van der Waals surface area contributed by atoms with E-state index in [0.29, 0.717) is 5.92 Å². The average molecular weight is 1010 g/mol.